The van der Waals surface area contributed by atoms with Crippen LogP contribution in [0, 0.1) is 0 Å². The van der Waals surface area contributed by atoms with E-state index in [4.69, 9.17) is 0 Å². The van der Waals surface area contributed by atoms with Crippen molar-refractivity contribution < 1.29 is 0 Å². The van der Waals surface area contributed by atoms with Crippen LogP contribution in [0.15, 0.2) is 47.8 Å². The number of anilines is 1. The van der Waals surface area contributed by atoms with Gasteiger partial charge in [0.15, 0.2) is 0 Å². The van der Waals surface area contributed by atoms with Crippen molar-refractivity contribution in [2.24, 2.45) is 0 Å². The van der Waals surface area contributed by atoms with Crippen LogP contribution in [0.2, 0.25) is 0 Å². The molecule has 0 aliphatic carbocycles. The second-order valence-corrected chi connectivity index (χ2v) is 6.07. The molecular weight excluding hydrogens is 280 g/mol. The van der Waals surface area contributed by atoms with Gasteiger partial charge in [0.05, 0.1) is 17.8 Å². The van der Waals surface area contributed by atoms with Gasteiger partial charge in [-0.25, -0.2) is 9.97 Å². The quantitative estimate of drug-likeness (QED) is 0.803. The van der Waals surface area contributed by atoms with E-state index < -0.39 is 0 Å². The Morgan fingerprint density at radius 2 is 2.10 bits per heavy atom. The molecule has 0 saturated heterocycles. The summed E-state index contributed by atoms with van der Waals surface area (Å²) >= 11 is 1.91. The molecule has 0 bridgehead atoms. The average molecular weight is 294 g/mol. The third-order valence-corrected chi connectivity index (χ3v) is 4.74. The van der Waals surface area contributed by atoms with E-state index in [2.05, 4.69) is 32.4 Å². The molecular formula is C16H14N4S. The minimum absolute atomic E-state index is 0.670. The Balaban J connectivity index is 1.73. The highest BCUT2D eigenvalue weighted by Gasteiger charge is 2.17. The lowest BCUT2D eigenvalue weighted by atomic mass is 10.1. The average Bonchev–Trinajstić information content (AvgIpc) is 3.02. The molecule has 0 fully saturated rings. The summed E-state index contributed by atoms with van der Waals surface area (Å²) in [7, 11) is 0. The highest BCUT2D eigenvalue weighted by molar-refractivity contribution is 7.99. The molecule has 21 heavy (non-hydrogen) atoms. The highest BCUT2D eigenvalue weighted by atomic mass is 32.2. The summed E-state index contributed by atoms with van der Waals surface area (Å²) in [5, 5.41) is 4.57. The molecule has 0 amide bonds. The maximum Gasteiger partial charge on any atom is 0.137 e. The van der Waals surface area contributed by atoms with Crippen molar-refractivity contribution in [3.63, 3.8) is 0 Å². The van der Waals surface area contributed by atoms with E-state index in [1.54, 1.807) is 6.33 Å². The smallest absolute Gasteiger partial charge is 0.137 e. The summed E-state index contributed by atoms with van der Waals surface area (Å²) in [5.74, 6) is 2.05. The number of thioether (sulfide) groups is 1. The van der Waals surface area contributed by atoms with Crippen molar-refractivity contribution >= 4 is 28.5 Å². The van der Waals surface area contributed by atoms with Gasteiger partial charge >= 0.3 is 0 Å². The van der Waals surface area contributed by atoms with Gasteiger partial charge in [0.25, 0.3) is 0 Å². The molecule has 4 rings (SSSR count). The van der Waals surface area contributed by atoms with Gasteiger partial charge in [0.2, 0.25) is 0 Å². The predicted molar refractivity (Wildman–Crippen MR) is 85.5 cm³/mol. The van der Waals surface area contributed by atoms with Crippen LogP contribution in [0.1, 0.15) is 11.3 Å². The zero-order valence-electron chi connectivity index (χ0n) is 11.4. The van der Waals surface area contributed by atoms with E-state index in [0.717, 1.165) is 34.6 Å². The maximum absolute atomic E-state index is 4.44. The van der Waals surface area contributed by atoms with Gasteiger partial charge in [-0.05, 0) is 36.2 Å². The first-order valence-electron chi connectivity index (χ1n) is 6.95. The predicted octanol–water partition coefficient (Wildman–Crippen LogP) is 3.29. The fourth-order valence-corrected chi connectivity index (χ4v) is 3.73. The van der Waals surface area contributed by atoms with Crippen LogP contribution in [0.3, 0.4) is 0 Å². The summed E-state index contributed by atoms with van der Waals surface area (Å²) in [5.41, 5.74) is 3.39. The zero-order valence-corrected chi connectivity index (χ0v) is 12.2. The van der Waals surface area contributed by atoms with Gasteiger partial charge in [-0.1, -0.05) is 6.07 Å². The highest BCUT2D eigenvalue weighted by Crippen LogP contribution is 2.37. The molecule has 1 aliphatic heterocycles. The van der Waals surface area contributed by atoms with Gasteiger partial charge < -0.3 is 5.32 Å². The van der Waals surface area contributed by atoms with E-state index >= 15 is 0 Å². The lowest BCUT2D eigenvalue weighted by Gasteiger charge is -2.11. The Bertz CT molecular complexity index is 789. The number of aromatic nitrogens is 3. The third-order valence-electron chi connectivity index (χ3n) is 3.64. The van der Waals surface area contributed by atoms with Crippen molar-refractivity contribution in [2.75, 3.05) is 11.1 Å². The van der Waals surface area contributed by atoms with E-state index in [1.807, 2.05) is 36.2 Å². The van der Waals surface area contributed by atoms with Crippen LogP contribution >= 0.6 is 11.8 Å². The van der Waals surface area contributed by atoms with Gasteiger partial charge in [-0.15, -0.1) is 11.8 Å². The number of benzene rings is 1. The first-order chi connectivity index (χ1) is 10.4. The fourth-order valence-electron chi connectivity index (χ4n) is 2.66. The number of aryl methyl sites for hydroxylation is 1. The summed E-state index contributed by atoms with van der Waals surface area (Å²) in [4.78, 5) is 14.5. The second kappa shape index (κ2) is 5.33. The number of hydrogen-bond donors (Lipinski definition) is 1. The van der Waals surface area contributed by atoms with Crippen LogP contribution in [0.25, 0.3) is 10.9 Å². The van der Waals surface area contributed by atoms with Crippen molar-refractivity contribution in [1.29, 1.82) is 0 Å². The Kier molecular flexibility index (Phi) is 3.20. The molecule has 5 heteroatoms. The van der Waals surface area contributed by atoms with Crippen LogP contribution in [-0.4, -0.2) is 20.7 Å². The van der Waals surface area contributed by atoms with Crippen LogP contribution in [0.5, 0.6) is 0 Å². The van der Waals surface area contributed by atoms with E-state index in [-0.39, 0.29) is 0 Å². The monoisotopic (exact) mass is 294 g/mol. The Hall–Kier alpha value is -2.14. The Morgan fingerprint density at radius 1 is 1.10 bits per heavy atom. The van der Waals surface area contributed by atoms with Crippen molar-refractivity contribution in [1.82, 2.24) is 15.0 Å². The standard InChI is InChI=1S/C16H14N4S/c1-2-7-17-11(3-1)9-18-16-15-12-6-8-21-14(12)5-4-13(15)19-10-20-16/h1-5,7,10H,6,8-9H2,(H,18,19,20). The Morgan fingerprint density at radius 3 is 3.00 bits per heavy atom. The normalized spacial score (nSPS) is 13.3. The lowest BCUT2D eigenvalue weighted by molar-refractivity contribution is 1.03. The number of rotatable bonds is 3. The molecule has 3 heterocycles. The molecule has 0 unspecified atom stereocenters. The largest absolute Gasteiger partial charge is 0.364 e. The zero-order chi connectivity index (χ0) is 14.1. The number of pyridine rings is 1. The lowest BCUT2D eigenvalue weighted by Crippen LogP contribution is -2.05. The second-order valence-electron chi connectivity index (χ2n) is 4.93. The van der Waals surface area contributed by atoms with Gasteiger partial charge in [0.1, 0.15) is 12.1 Å². The van der Waals surface area contributed by atoms with Crippen molar-refractivity contribution in [3.05, 3.63) is 54.1 Å². The number of hydrogen-bond acceptors (Lipinski definition) is 5. The minimum Gasteiger partial charge on any atom is -0.364 e. The first-order valence-corrected chi connectivity index (χ1v) is 7.93. The molecule has 104 valence electrons. The molecule has 3 aromatic rings. The number of fused-ring (bicyclic) bond motifs is 3. The third kappa shape index (κ3) is 2.34. The maximum atomic E-state index is 4.44. The summed E-state index contributed by atoms with van der Waals surface area (Å²) < 4.78 is 0. The Labute approximate surface area is 127 Å². The summed E-state index contributed by atoms with van der Waals surface area (Å²) in [6.07, 6.45) is 4.52. The molecule has 0 atom stereocenters. The van der Waals surface area contributed by atoms with E-state index in [0.29, 0.717) is 6.54 Å². The van der Waals surface area contributed by atoms with Crippen molar-refractivity contribution in [3.8, 4) is 0 Å². The molecule has 1 aromatic carbocycles. The molecule has 0 saturated carbocycles. The van der Waals surface area contributed by atoms with Gasteiger partial charge in [0, 0.05) is 22.2 Å². The van der Waals surface area contributed by atoms with E-state index in [9.17, 15) is 0 Å². The van der Waals surface area contributed by atoms with E-state index in [1.165, 1.54) is 10.5 Å². The summed E-state index contributed by atoms with van der Waals surface area (Å²) in [6.45, 7) is 0.670. The molecule has 2 aromatic heterocycles. The molecule has 1 N–H and O–H groups in total. The van der Waals surface area contributed by atoms with Crippen LogP contribution in [0.4, 0.5) is 5.82 Å². The molecule has 1 aliphatic rings. The van der Waals surface area contributed by atoms with Crippen LogP contribution < -0.4 is 5.32 Å². The summed E-state index contributed by atoms with van der Waals surface area (Å²) in [6, 6.07) is 10.2. The fraction of sp³-hybridized carbons (Fsp3) is 0.188. The molecule has 0 spiro atoms. The van der Waals surface area contributed by atoms with Gasteiger partial charge in [-0.3, -0.25) is 4.98 Å². The van der Waals surface area contributed by atoms with Gasteiger partial charge in [-0.2, -0.15) is 0 Å². The topological polar surface area (TPSA) is 50.7 Å². The van der Waals surface area contributed by atoms with Crippen molar-refractivity contribution in [2.45, 2.75) is 17.9 Å². The number of nitrogens with zero attached hydrogens (tertiary/aromatic N) is 3. The SMILES string of the molecule is c1ccc(CNc2ncnc3ccc4c(c23)CCS4)nc1. The molecule has 0 radical (unpaired) electrons. The van der Waals surface area contributed by atoms with Crippen LogP contribution in [-0.2, 0) is 13.0 Å². The minimum atomic E-state index is 0.670. The number of nitrogens with one attached hydrogen (secondary N) is 1. The first kappa shape index (κ1) is 12.6. The molecule has 4 nitrogen and oxygen atoms in total.